The van der Waals surface area contributed by atoms with Gasteiger partial charge in [0.05, 0.1) is 17.6 Å². The number of nitrogens with two attached hydrogens (primary N) is 1. The van der Waals surface area contributed by atoms with Crippen LogP contribution in [-0.2, 0) is 21.7 Å². The number of rotatable bonds is 6. The van der Waals surface area contributed by atoms with E-state index >= 15 is 0 Å². The summed E-state index contributed by atoms with van der Waals surface area (Å²) in [6, 6.07) is 24.6. The number of hydrogen-bond donors (Lipinski definition) is 2. The van der Waals surface area contributed by atoms with E-state index in [2.05, 4.69) is 6.07 Å². The fraction of sp³-hybridized carbons (Fsp3) is 0.160. The number of benzene rings is 3. The Hall–Kier alpha value is -3.95. The maximum Gasteiger partial charge on any atom is 0.258 e. The number of aliphatic hydroxyl groups is 1. The number of β-lactam (4-membered cyclic amide) rings is 1. The van der Waals surface area contributed by atoms with Crippen molar-refractivity contribution in [2.75, 3.05) is 6.54 Å². The van der Waals surface area contributed by atoms with Gasteiger partial charge in [-0.05, 0) is 28.8 Å². The van der Waals surface area contributed by atoms with Crippen LogP contribution in [-0.4, -0.2) is 28.4 Å². The molecule has 0 aliphatic carbocycles. The second-order valence-electron chi connectivity index (χ2n) is 7.61. The Bertz CT molecular complexity index is 1190. The second-order valence-corrected chi connectivity index (χ2v) is 7.61. The fourth-order valence-electron chi connectivity index (χ4n) is 4.07. The van der Waals surface area contributed by atoms with Gasteiger partial charge in [0.1, 0.15) is 0 Å². The highest BCUT2D eigenvalue weighted by Gasteiger charge is 2.45. The molecule has 2 amide bonds. The molecule has 31 heavy (non-hydrogen) atoms. The molecule has 1 fully saturated rings. The molecule has 0 spiro atoms. The van der Waals surface area contributed by atoms with E-state index in [4.69, 9.17) is 11.0 Å². The van der Waals surface area contributed by atoms with E-state index in [0.717, 1.165) is 5.56 Å². The number of amides is 2. The standard InChI is InChI=1S/C25H21N3O3/c26-14-17-7-6-8-18(13-17)15-28-16-21(23(28)29)20-11-4-5-12-22(20)25(31,24(27)30)19-9-2-1-3-10-19/h1-13,21,31H,15-16H2,(H2,27,30)/t21-,25?/m1/s1. The minimum Gasteiger partial charge on any atom is -0.372 e. The van der Waals surface area contributed by atoms with Crippen LogP contribution in [0.5, 0.6) is 0 Å². The monoisotopic (exact) mass is 411 g/mol. The van der Waals surface area contributed by atoms with Gasteiger partial charge in [-0.15, -0.1) is 0 Å². The summed E-state index contributed by atoms with van der Waals surface area (Å²) in [4.78, 5) is 27.1. The molecule has 0 bridgehead atoms. The van der Waals surface area contributed by atoms with Crippen molar-refractivity contribution in [1.29, 1.82) is 5.26 Å². The van der Waals surface area contributed by atoms with E-state index in [9.17, 15) is 14.7 Å². The molecular weight excluding hydrogens is 390 g/mol. The van der Waals surface area contributed by atoms with Gasteiger partial charge in [0.25, 0.3) is 5.91 Å². The van der Waals surface area contributed by atoms with Crippen molar-refractivity contribution in [3.63, 3.8) is 0 Å². The second kappa shape index (κ2) is 8.05. The number of nitrogens with zero attached hydrogens (tertiary/aromatic N) is 2. The zero-order valence-electron chi connectivity index (χ0n) is 16.7. The molecule has 6 heteroatoms. The first-order chi connectivity index (χ1) is 14.9. The van der Waals surface area contributed by atoms with Gasteiger partial charge in [0.2, 0.25) is 5.91 Å². The molecule has 0 aromatic heterocycles. The van der Waals surface area contributed by atoms with Crippen LogP contribution in [0.3, 0.4) is 0 Å². The van der Waals surface area contributed by atoms with E-state index in [1.54, 1.807) is 77.7 Å². The molecule has 1 aliphatic heterocycles. The molecule has 4 rings (SSSR count). The normalized spacial score (nSPS) is 17.4. The van der Waals surface area contributed by atoms with Gasteiger partial charge >= 0.3 is 0 Å². The lowest BCUT2D eigenvalue weighted by Crippen LogP contribution is -2.51. The van der Waals surface area contributed by atoms with Gasteiger partial charge in [-0.3, -0.25) is 9.59 Å². The molecule has 0 radical (unpaired) electrons. The number of primary amides is 1. The van der Waals surface area contributed by atoms with Gasteiger partial charge in [-0.25, -0.2) is 0 Å². The summed E-state index contributed by atoms with van der Waals surface area (Å²) < 4.78 is 0. The van der Waals surface area contributed by atoms with E-state index < -0.39 is 17.4 Å². The predicted molar refractivity (Wildman–Crippen MR) is 114 cm³/mol. The zero-order valence-corrected chi connectivity index (χ0v) is 16.7. The topological polar surface area (TPSA) is 107 Å². The number of carbonyl (C=O) groups excluding carboxylic acids is 2. The highest BCUT2D eigenvalue weighted by atomic mass is 16.3. The number of hydrogen-bond acceptors (Lipinski definition) is 4. The first-order valence-corrected chi connectivity index (χ1v) is 9.90. The van der Waals surface area contributed by atoms with E-state index in [1.165, 1.54) is 0 Å². The summed E-state index contributed by atoms with van der Waals surface area (Å²) in [6.45, 7) is 0.835. The van der Waals surface area contributed by atoms with Crippen molar-refractivity contribution < 1.29 is 14.7 Å². The van der Waals surface area contributed by atoms with Crippen LogP contribution >= 0.6 is 0 Å². The number of nitriles is 1. The summed E-state index contributed by atoms with van der Waals surface area (Å²) in [5.41, 5.74) is 6.27. The molecule has 1 saturated heterocycles. The molecule has 3 N–H and O–H groups in total. The Labute approximate surface area is 180 Å². The van der Waals surface area contributed by atoms with Crippen LogP contribution in [0.15, 0.2) is 78.9 Å². The van der Waals surface area contributed by atoms with Crippen molar-refractivity contribution in [2.45, 2.75) is 18.1 Å². The third kappa shape index (κ3) is 3.56. The summed E-state index contributed by atoms with van der Waals surface area (Å²) in [5, 5.41) is 20.5. The van der Waals surface area contributed by atoms with Crippen molar-refractivity contribution in [1.82, 2.24) is 4.90 Å². The Morgan fingerprint density at radius 2 is 1.81 bits per heavy atom. The molecule has 1 unspecified atom stereocenters. The Morgan fingerprint density at radius 3 is 2.48 bits per heavy atom. The van der Waals surface area contributed by atoms with Crippen LogP contribution in [0.1, 0.15) is 33.7 Å². The molecule has 1 aliphatic rings. The van der Waals surface area contributed by atoms with E-state index in [1.807, 2.05) is 6.07 Å². The molecular formula is C25H21N3O3. The molecule has 3 aromatic carbocycles. The number of carbonyl (C=O) groups is 2. The van der Waals surface area contributed by atoms with Crippen LogP contribution in [0.2, 0.25) is 0 Å². The third-order valence-electron chi connectivity index (χ3n) is 5.72. The molecule has 3 aromatic rings. The van der Waals surface area contributed by atoms with Crippen LogP contribution in [0.4, 0.5) is 0 Å². The maximum absolute atomic E-state index is 13.0. The van der Waals surface area contributed by atoms with Crippen LogP contribution in [0.25, 0.3) is 0 Å². The molecule has 6 nitrogen and oxygen atoms in total. The summed E-state index contributed by atoms with van der Waals surface area (Å²) in [6.07, 6.45) is 0. The zero-order chi connectivity index (χ0) is 22.0. The Balaban J connectivity index is 1.63. The quantitative estimate of drug-likeness (QED) is 0.607. The van der Waals surface area contributed by atoms with Gasteiger partial charge in [-0.2, -0.15) is 5.26 Å². The van der Waals surface area contributed by atoms with Crippen LogP contribution in [0, 0.1) is 11.3 Å². The van der Waals surface area contributed by atoms with E-state index in [0.29, 0.717) is 35.3 Å². The maximum atomic E-state index is 13.0. The van der Waals surface area contributed by atoms with Crippen LogP contribution < -0.4 is 5.73 Å². The average Bonchev–Trinajstić information content (AvgIpc) is 2.81. The van der Waals surface area contributed by atoms with Gasteiger partial charge in [0, 0.05) is 18.7 Å². The van der Waals surface area contributed by atoms with Crippen molar-refractivity contribution in [3.05, 3.63) is 107 Å². The SMILES string of the molecule is N#Cc1cccc(CN2C[C@H](c3ccccc3C(O)(C(N)=O)c3ccccc3)C2=O)c1. The van der Waals surface area contributed by atoms with Gasteiger partial charge < -0.3 is 15.7 Å². The third-order valence-corrected chi connectivity index (χ3v) is 5.72. The van der Waals surface area contributed by atoms with Crippen molar-refractivity contribution in [3.8, 4) is 6.07 Å². The lowest BCUT2D eigenvalue weighted by Gasteiger charge is -2.41. The summed E-state index contributed by atoms with van der Waals surface area (Å²) in [5.74, 6) is -1.48. The first kappa shape index (κ1) is 20.3. The Morgan fingerprint density at radius 1 is 1.10 bits per heavy atom. The van der Waals surface area contributed by atoms with Crippen molar-refractivity contribution >= 4 is 11.8 Å². The minimum atomic E-state index is -2.04. The predicted octanol–water partition coefficient (Wildman–Crippen LogP) is 2.41. The molecule has 154 valence electrons. The van der Waals surface area contributed by atoms with Gasteiger partial charge in [-0.1, -0.05) is 66.7 Å². The van der Waals surface area contributed by atoms with Crippen molar-refractivity contribution in [2.24, 2.45) is 5.73 Å². The highest BCUT2D eigenvalue weighted by molar-refractivity contribution is 5.93. The average molecular weight is 411 g/mol. The highest BCUT2D eigenvalue weighted by Crippen LogP contribution is 2.39. The largest absolute Gasteiger partial charge is 0.372 e. The minimum absolute atomic E-state index is 0.102. The lowest BCUT2D eigenvalue weighted by atomic mass is 9.77. The van der Waals surface area contributed by atoms with Gasteiger partial charge in [0.15, 0.2) is 5.60 Å². The number of likely N-dealkylation sites (tertiary alicyclic amines) is 1. The molecule has 2 atom stereocenters. The van der Waals surface area contributed by atoms with E-state index in [-0.39, 0.29) is 5.91 Å². The molecule has 0 saturated carbocycles. The summed E-state index contributed by atoms with van der Waals surface area (Å²) in [7, 11) is 0. The Kier molecular flexibility index (Phi) is 5.28. The fourth-order valence-corrected chi connectivity index (χ4v) is 4.07. The lowest BCUT2D eigenvalue weighted by molar-refractivity contribution is -0.144. The molecule has 1 heterocycles. The smallest absolute Gasteiger partial charge is 0.258 e. The summed E-state index contributed by atoms with van der Waals surface area (Å²) >= 11 is 0. The first-order valence-electron chi connectivity index (χ1n) is 9.90.